The van der Waals surface area contributed by atoms with Gasteiger partial charge in [-0.05, 0) is 57.6 Å². The molecule has 1 saturated carbocycles. The normalized spacial score (nSPS) is 30.2. The first-order chi connectivity index (χ1) is 12.0. The summed E-state index contributed by atoms with van der Waals surface area (Å²) in [4.78, 5) is 2.38. The molecule has 5 nitrogen and oxygen atoms in total. The molecular weight excluding hydrogens is 314 g/mol. The number of anilines is 2. The lowest BCUT2D eigenvalue weighted by Crippen LogP contribution is -2.45. The zero-order valence-corrected chi connectivity index (χ0v) is 15.8. The SMILES string of the molecule is COc1cc(N2CC(C)OC(C)C2)ccc1NCC1CCC(N)CC1. The minimum Gasteiger partial charge on any atom is -0.495 e. The molecule has 0 bridgehead atoms. The quantitative estimate of drug-likeness (QED) is 0.856. The van der Waals surface area contributed by atoms with E-state index in [1.54, 1.807) is 7.11 Å². The van der Waals surface area contributed by atoms with Gasteiger partial charge in [0.1, 0.15) is 5.75 Å². The van der Waals surface area contributed by atoms with Crippen LogP contribution in [0.15, 0.2) is 18.2 Å². The summed E-state index contributed by atoms with van der Waals surface area (Å²) >= 11 is 0. The predicted octanol–water partition coefficient (Wildman–Crippen LogP) is 3.24. The van der Waals surface area contributed by atoms with Crippen LogP contribution in [-0.4, -0.2) is 45.0 Å². The van der Waals surface area contributed by atoms with Crippen LogP contribution >= 0.6 is 0 Å². The van der Waals surface area contributed by atoms with Crippen LogP contribution in [0.25, 0.3) is 0 Å². The molecule has 2 aliphatic rings. The van der Waals surface area contributed by atoms with E-state index < -0.39 is 0 Å². The number of nitrogens with two attached hydrogens (primary N) is 1. The molecule has 0 spiro atoms. The predicted molar refractivity (Wildman–Crippen MR) is 104 cm³/mol. The van der Waals surface area contributed by atoms with Crippen LogP contribution in [0, 0.1) is 5.92 Å². The number of hydrogen-bond acceptors (Lipinski definition) is 5. The monoisotopic (exact) mass is 347 g/mol. The molecular formula is C20H33N3O2. The molecule has 1 aromatic rings. The van der Waals surface area contributed by atoms with Gasteiger partial charge in [0.2, 0.25) is 0 Å². The van der Waals surface area contributed by atoms with Crippen LogP contribution < -0.4 is 20.7 Å². The van der Waals surface area contributed by atoms with E-state index >= 15 is 0 Å². The Labute approximate surface area is 151 Å². The average molecular weight is 348 g/mol. The molecule has 0 aromatic heterocycles. The average Bonchev–Trinajstić information content (AvgIpc) is 2.60. The topological polar surface area (TPSA) is 59.8 Å². The van der Waals surface area contributed by atoms with Crippen molar-refractivity contribution in [3.63, 3.8) is 0 Å². The molecule has 1 saturated heterocycles. The van der Waals surface area contributed by atoms with Gasteiger partial charge in [-0.3, -0.25) is 0 Å². The second kappa shape index (κ2) is 8.28. The number of morpholine rings is 1. The summed E-state index contributed by atoms with van der Waals surface area (Å²) in [6, 6.07) is 6.88. The van der Waals surface area contributed by atoms with Crippen LogP contribution in [0.5, 0.6) is 5.75 Å². The molecule has 2 unspecified atom stereocenters. The van der Waals surface area contributed by atoms with Crippen LogP contribution in [0.1, 0.15) is 39.5 Å². The lowest BCUT2D eigenvalue weighted by Gasteiger charge is -2.37. The van der Waals surface area contributed by atoms with Gasteiger partial charge in [0.15, 0.2) is 0 Å². The minimum absolute atomic E-state index is 0.255. The van der Waals surface area contributed by atoms with Crippen LogP contribution in [0.3, 0.4) is 0 Å². The standard InChI is InChI=1S/C20H33N3O2/c1-14-12-23(13-15(2)25-14)18-8-9-19(20(10-18)24-3)22-11-16-4-6-17(21)7-5-16/h8-10,14-17,22H,4-7,11-13,21H2,1-3H3. The molecule has 140 valence electrons. The molecule has 5 heteroatoms. The highest BCUT2D eigenvalue weighted by molar-refractivity contribution is 5.65. The molecule has 1 heterocycles. The summed E-state index contributed by atoms with van der Waals surface area (Å²) in [5, 5.41) is 3.59. The maximum Gasteiger partial charge on any atom is 0.144 e. The first kappa shape index (κ1) is 18.3. The van der Waals surface area contributed by atoms with E-state index in [9.17, 15) is 0 Å². The second-order valence-electron chi connectivity index (χ2n) is 7.71. The summed E-state index contributed by atoms with van der Waals surface area (Å²) in [6.07, 6.45) is 5.25. The van der Waals surface area contributed by atoms with Crippen molar-refractivity contribution in [2.45, 2.75) is 57.8 Å². The van der Waals surface area contributed by atoms with E-state index in [1.807, 2.05) is 0 Å². The van der Waals surface area contributed by atoms with Gasteiger partial charge in [0.25, 0.3) is 0 Å². The smallest absolute Gasteiger partial charge is 0.144 e. The third-order valence-corrected chi connectivity index (χ3v) is 5.44. The third kappa shape index (κ3) is 4.79. The zero-order valence-electron chi connectivity index (χ0n) is 15.8. The fourth-order valence-electron chi connectivity index (χ4n) is 4.06. The van der Waals surface area contributed by atoms with Crippen molar-refractivity contribution in [2.75, 3.05) is 37.0 Å². The van der Waals surface area contributed by atoms with Crippen LogP contribution in [0.2, 0.25) is 0 Å². The second-order valence-corrected chi connectivity index (χ2v) is 7.71. The van der Waals surface area contributed by atoms with E-state index in [0.717, 1.165) is 43.9 Å². The molecule has 1 aliphatic carbocycles. The van der Waals surface area contributed by atoms with Crippen molar-refractivity contribution in [3.05, 3.63) is 18.2 Å². The Hall–Kier alpha value is -1.46. The van der Waals surface area contributed by atoms with Crippen LogP contribution in [0.4, 0.5) is 11.4 Å². The van der Waals surface area contributed by atoms with Crippen molar-refractivity contribution in [2.24, 2.45) is 11.7 Å². The largest absolute Gasteiger partial charge is 0.495 e. The fourth-order valence-corrected chi connectivity index (χ4v) is 4.06. The Bertz CT molecular complexity index is 548. The van der Waals surface area contributed by atoms with E-state index in [-0.39, 0.29) is 12.2 Å². The van der Waals surface area contributed by atoms with E-state index in [1.165, 1.54) is 18.5 Å². The van der Waals surface area contributed by atoms with Gasteiger partial charge in [-0.1, -0.05) is 0 Å². The number of nitrogens with zero attached hydrogens (tertiary/aromatic N) is 1. The van der Waals surface area contributed by atoms with Gasteiger partial charge < -0.3 is 25.4 Å². The van der Waals surface area contributed by atoms with Gasteiger partial charge in [-0.25, -0.2) is 0 Å². The first-order valence-corrected chi connectivity index (χ1v) is 9.63. The third-order valence-electron chi connectivity index (χ3n) is 5.44. The fraction of sp³-hybridized carbons (Fsp3) is 0.700. The summed E-state index contributed by atoms with van der Waals surface area (Å²) in [5.74, 6) is 1.63. The highest BCUT2D eigenvalue weighted by Gasteiger charge is 2.23. The van der Waals surface area contributed by atoms with Gasteiger partial charge in [-0.15, -0.1) is 0 Å². The van der Waals surface area contributed by atoms with Gasteiger partial charge in [-0.2, -0.15) is 0 Å². The summed E-state index contributed by atoms with van der Waals surface area (Å²) in [6.45, 7) is 7.09. The van der Waals surface area contributed by atoms with Crippen molar-refractivity contribution in [1.29, 1.82) is 0 Å². The number of nitrogens with one attached hydrogen (secondary N) is 1. The molecule has 3 N–H and O–H groups in total. The number of methoxy groups -OCH3 is 1. The highest BCUT2D eigenvalue weighted by atomic mass is 16.5. The molecule has 3 rings (SSSR count). The number of hydrogen-bond donors (Lipinski definition) is 2. The Morgan fingerprint density at radius 1 is 1.16 bits per heavy atom. The Kier molecular flexibility index (Phi) is 6.07. The van der Waals surface area contributed by atoms with Crippen molar-refractivity contribution < 1.29 is 9.47 Å². The van der Waals surface area contributed by atoms with Crippen molar-refractivity contribution >= 4 is 11.4 Å². The number of benzene rings is 1. The van der Waals surface area contributed by atoms with Gasteiger partial charge in [0, 0.05) is 37.4 Å². The van der Waals surface area contributed by atoms with E-state index in [2.05, 4.69) is 42.3 Å². The molecule has 1 aromatic carbocycles. The maximum atomic E-state index is 6.00. The Morgan fingerprint density at radius 3 is 2.48 bits per heavy atom. The molecule has 0 amide bonds. The maximum absolute atomic E-state index is 6.00. The Morgan fingerprint density at radius 2 is 1.84 bits per heavy atom. The van der Waals surface area contributed by atoms with Crippen LogP contribution in [-0.2, 0) is 4.74 Å². The lowest BCUT2D eigenvalue weighted by atomic mass is 9.86. The number of ether oxygens (including phenoxy) is 2. The molecule has 1 aliphatic heterocycles. The van der Waals surface area contributed by atoms with Gasteiger partial charge in [0.05, 0.1) is 25.0 Å². The van der Waals surface area contributed by atoms with Gasteiger partial charge >= 0.3 is 0 Å². The minimum atomic E-state index is 0.255. The Balaban J connectivity index is 1.63. The molecule has 2 atom stereocenters. The number of rotatable bonds is 5. The first-order valence-electron chi connectivity index (χ1n) is 9.63. The molecule has 2 fully saturated rings. The van der Waals surface area contributed by atoms with Crippen molar-refractivity contribution in [3.8, 4) is 5.75 Å². The molecule has 25 heavy (non-hydrogen) atoms. The lowest BCUT2D eigenvalue weighted by molar-refractivity contribution is -0.00522. The highest BCUT2D eigenvalue weighted by Crippen LogP contribution is 2.32. The summed E-state index contributed by atoms with van der Waals surface area (Å²) in [7, 11) is 1.74. The van der Waals surface area contributed by atoms with E-state index in [4.69, 9.17) is 15.2 Å². The zero-order chi connectivity index (χ0) is 17.8. The summed E-state index contributed by atoms with van der Waals surface area (Å²) < 4.78 is 11.5. The molecule has 0 radical (unpaired) electrons. The summed E-state index contributed by atoms with van der Waals surface area (Å²) in [5.41, 5.74) is 8.28. The van der Waals surface area contributed by atoms with Crippen molar-refractivity contribution in [1.82, 2.24) is 0 Å². The van der Waals surface area contributed by atoms with E-state index in [0.29, 0.717) is 12.0 Å².